The molecule has 4 amide bonds. The van der Waals surface area contributed by atoms with Gasteiger partial charge < -0.3 is 29.5 Å². The number of aromatic nitrogens is 1. The Bertz CT molecular complexity index is 2370. The van der Waals surface area contributed by atoms with Crippen molar-refractivity contribution >= 4 is 34.5 Å². The molecule has 0 spiro atoms. The van der Waals surface area contributed by atoms with Crippen molar-refractivity contribution in [1.82, 2.24) is 29.3 Å². The number of para-hydroxylation sites is 1. The molecule has 0 bridgehead atoms. The number of hydrogen-bond donors (Lipinski definition) is 2. The Balaban J connectivity index is 1.13. The number of hydrogen-bond acceptors (Lipinski definition) is 7. The van der Waals surface area contributed by atoms with Gasteiger partial charge in [-0.1, -0.05) is 78.9 Å². The van der Waals surface area contributed by atoms with Gasteiger partial charge in [-0.2, -0.15) is 0 Å². The first kappa shape index (κ1) is 39.6. The van der Waals surface area contributed by atoms with Gasteiger partial charge in [0.2, 0.25) is 17.7 Å². The molecular formula is C47H50N6O6. The van der Waals surface area contributed by atoms with E-state index >= 15 is 0 Å². The quantitative estimate of drug-likeness (QED) is 0.178. The van der Waals surface area contributed by atoms with Crippen molar-refractivity contribution < 1.29 is 29.4 Å². The molecule has 2 atom stereocenters. The average Bonchev–Trinajstić information content (AvgIpc) is 3.59. The van der Waals surface area contributed by atoms with E-state index in [9.17, 15) is 29.4 Å². The number of piperazine rings is 1. The van der Waals surface area contributed by atoms with Crippen LogP contribution in [-0.2, 0) is 40.8 Å². The van der Waals surface area contributed by atoms with E-state index < -0.39 is 12.2 Å². The zero-order valence-electron chi connectivity index (χ0n) is 33.3. The highest BCUT2D eigenvalue weighted by molar-refractivity contribution is 6.01. The Kier molecular flexibility index (Phi) is 11.4. The molecule has 0 unspecified atom stereocenters. The number of hydrazine groups is 1. The predicted octanol–water partition coefficient (Wildman–Crippen LogP) is 5.13. The molecule has 2 N–H and O–H groups in total. The fraction of sp³-hybridized carbons (Fsp3) is 0.319. The van der Waals surface area contributed by atoms with E-state index in [1.165, 1.54) is 0 Å². The second kappa shape index (κ2) is 16.9. The van der Waals surface area contributed by atoms with Crippen molar-refractivity contribution in [1.29, 1.82) is 0 Å². The summed E-state index contributed by atoms with van der Waals surface area (Å²) in [5, 5.41) is 24.4. The van der Waals surface area contributed by atoms with Gasteiger partial charge in [-0.3, -0.25) is 19.2 Å². The van der Waals surface area contributed by atoms with Crippen LogP contribution in [0.5, 0.6) is 5.75 Å². The van der Waals surface area contributed by atoms with Crippen LogP contribution in [0.4, 0.5) is 0 Å². The third-order valence-corrected chi connectivity index (χ3v) is 11.9. The van der Waals surface area contributed by atoms with Gasteiger partial charge in [-0.25, -0.2) is 10.0 Å². The number of aliphatic hydroxyl groups excluding tert-OH is 1. The molecule has 0 aliphatic carbocycles. The molecule has 3 saturated heterocycles. The Labute approximate surface area is 344 Å². The highest BCUT2D eigenvalue weighted by Crippen LogP contribution is 2.35. The van der Waals surface area contributed by atoms with E-state index in [-0.39, 0.29) is 74.5 Å². The fourth-order valence-electron chi connectivity index (χ4n) is 8.96. The molecule has 12 nitrogen and oxygen atoms in total. The molecule has 8 rings (SSSR count). The SMILES string of the molecule is C=CCN1CC(=O)N2[C@@H](Cc3ccc(O)cc3)C(=O)N(Cc3cccc4c(-c5cccc(C(=O)N6CCC(O)CC6)c5)cn(C)c34)C[C@@H]2N1C(=O)CCc1ccccc1. The summed E-state index contributed by atoms with van der Waals surface area (Å²) < 4.78 is 2.05. The van der Waals surface area contributed by atoms with Crippen LogP contribution in [-0.4, -0.2) is 114 Å². The molecule has 3 aliphatic rings. The summed E-state index contributed by atoms with van der Waals surface area (Å²) >= 11 is 0. The molecule has 59 heavy (non-hydrogen) atoms. The number of carbonyl (C=O) groups excluding carboxylic acids is 4. The lowest BCUT2D eigenvalue weighted by atomic mass is 9.97. The zero-order chi connectivity index (χ0) is 41.2. The number of fused-ring (bicyclic) bond motifs is 2. The first-order valence-electron chi connectivity index (χ1n) is 20.3. The Morgan fingerprint density at radius 3 is 2.39 bits per heavy atom. The third kappa shape index (κ3) is 8.10. The lowest BCUT2D eigenvalue weighted by Gasteiger charge is -2.55. The van der Waals surface area contributed by atoms with E-state index in [4.69, 9.17) is 0 Å². The van der Waals surface area contributed by atoms with Gasteiger partial charge in [-0.05, 0) is 65.8 Å². The van der Waals surface area contributed by atoms with Gasteiger partial charge in [0.1, 0.15) is 18.0 Å². The van der Waals surface area contributed by atoms with Crippen LogP contribution in [0.15, 0.2) is 116 Å². The predicted molar refractivity (Wildman–Crippen MR) is 225 cm³/mol. The summed E-state index contributed by atoms with van der Waals surface area (Å²) in [4.78, 5) is 61.9. The van der Waals surface area contributed by atoms with Crippen LogP contribution in [0.3, 0.4) is 0 Å². The summed E-state index contributed by atoms with van der Waals surface area (Å²) in [6.07, 6.45) is 4.67. The third-order valence-electron chi connectivity index (χ3n) is 11.9. The molecule has 4 aromatic carbocycles. The summed E-state index contributed by atoms with van der Waals surface area (Å²) in [6.45, 7) is 5.49. The summed E-state index contributed by atoms with van der Waals surface area (Å²) in [5.74, 6) is -0.570. The number of rotatable bonds is 11. The van der Waals surface area contributed by atoms with Crippen molar-refractivity contribution in [3.05, 3.63) is 138 Å². The second-order valence-corrected chi connectivity index (χ2v) is 15.8. The van der Waals surface area contributed by atoms with E-state index in [1.807, 2.05) is 90.6 Å². The number of aryl methyl sites for hydroxylation is 2. The molecule has 5 aromatic rings. The number of carbonyl (C=O) groups is 4. The minimum absolute atomic E-state index is 0.0559. The summed E-state index contributed by atoms with van der Waals surface area (Å²) in [5.41, 5.74) is 6.06. The minimum Gasteiger partial charge on any atom is -0.508 e. The number of phenols is 1. The van der Waals surface area contributed by atoms with Gasteiger partial charge in [0.05, 0.1) is 24.7 Å². The second-order valence-electron chi connectivity index (χ2n) is 15.8. The molecule has 12 heteroatoms. The normalized spacial score (nSPS) is 19.0. The maximum absolute atomic E-state index is 14.8. The van der Waals surface area contributed by atoms with Crippen molar-refractivity contribution in [2.75, 3.05) is 32.7 Å². The monoisotopic (exact) mass is 794 g/mol. The van der Waals surface area contributed by atoms with Crippen molar-refractivity contribution in [2.45, 2.75) is 57.0 Å². The van der Waals surface area contributed by atoms with E-state index in [0.717, 1.165) is 38.7 Å². The number of aromatic hydroxyl groups is 1. The van der Waals surface area contributed by atoms with Gasteiger partial charge in [0.15, 0.2) is 0 Å². The van der Waals surface area contributed by atoms with Crippen molar-refractivity contribution in [3.8, 4) is 16.9 Å². The molecule has 0 radical (unpaired) electrons. The highest BCUT2D eigenvalue weighted by atomic mass is 16.3. The molecule has 1 aromatic heterocycles. The number of piperidine rings is 1. The van der Waals surface area contributed by atoms with Crippen LogP contribution in [0.25, 0.3) is 22.0 Å². The topological polar surface area (TPSA) is 130 Å². The van der Waals surface area contributed by atoms with Gasteiger partial charge in [-0.15, -0.1) is 6.58 Å². The molecule has 4 heterocycles. The van der Waals surface area contributed by atoms with Gasteiger partial charge in [0, 0.05) is 68.8 Å². The van der Waals surface area contributed by atoms with Crippen molar-refractivity contribution in [3.63, 3.8) is 0 Å². The smallest absolute Gasteiger partial charge is 0.253 e. The van der Waals surface area contributed by atoms with E-state index in [0.29, 0.717) is 37.9 Å². The number of nitrogens with zero attached hydrogens (tertiary/aromatic N) is 6. The number of benzene rings is 4. The Morgan fingerprint density at radius 2 is 1.64 bits per heavy atom. The maximum atomic E-state index is 14.8. The summed E-state index contributed by atoms with van der Waals surface area (Å²) in [6, 6.07) is 29.2. The molecule has 3 fully saturated rings. The lowest BCUT2D eigenvalue weighted by Crippen LogP contribution is -2.75. The summed E-state index contributed by atoms with van der Waals surface area (Å²) in [7, 11) is 1.97. The minimum atomic E-state index is -0.896. The van der Waals surface area contributed by atoms with Crippen molar-refractivity contribution in [2.24, 2.45) is 7.05 Å². The van der Waals surface area contributed by atoms with E-state index in [1.54, 1.807) is 55.1 Å². The van der Waals surface area contributed by atoms with Gasteiger partial charge in [0.25, 0.3) is 5.91 Å². The number of likely N-dealkylation sites (tertiary alicyclic amines) is 1. The first-order valence-corrected chi connectivity index (χ1v) is 20.3. The zero-order valence-corrected chi connectivity index (χ0v) is 33.3. The average molecular weight is 795 g/mol. The molecule has 304 valence electrons. The fourth-order valence-corrected chi connectivity index (χ4v) is 8.96. The van der Waals surface area contributed by atoms with Crippen LogP contribution in [0.2, 0.25) is 0 Å². The standard InChI is InChI=1S/C47H50N6O6/c1-3-23-51-31-44(57)52-41(26-33-15-18-37(54)19-16-33)47(59)50(30-42(52)53(51)43(56)20-17-32-9-5-4-6-10-32)28-36-13-8-14-39-40(29-48(2)45(36)39)34-11-7-12-35(27-34)46(58)49-24-21-38(55)22-25-49/h3-16,18-19,27,29,38,41-42,54-55H,1,17,20-26,28,30-31H2,2H3/t41-,42-/m0/s1. The molecular weight excluding hydrogens is 745 g/mol. The van der Waals surface area contributed by atoms with E-state index in [2.05, 4.69) is 6.58 Å². The van der Waals surface area contributed by atoms with Gasteiger partial charge >= 0.3 is 0 Å². The lowest BCUT2D eigenvalue weighted by molar-refractivity contribution is -0.205. The maximum Gasteiger partial charge on any atom is 0.253 e. The molecule has 0 saturated carbocycles. The Morgan fingerprint density at radius 1 is 0.898 bits per heavy atom. The van der Waals surface area contributed by atoms with Crippen LogP contribution < -0.4 is 0 Å². The highest BCUT2D eigenvalue weighted by Gasteiger charge is 2.51. The largest absolute Gasteiger partial charge is 0.508 e. The first-order chi connectivity index (χ1) is 28.6. The number of phenolic OH excluding ortho intramolecular Hbond substituents is 1. The number of amides is 4. The van der Waals surface area contributed by atoms with Crippen LogP contribution in [0.1, 0.15) is 46.3 Å². The number of aliphatic hydroxyl groups is 1. The van der Waals surface area contributed by atoms with Crippen LogP contribution >= 0.6 is 0 Å². The molecule has 3 aliphatic heterocycles. The van der Waals surface area contributed by atoms with Crippen LogP contribution in [0, 0.1) is 0 Å². The Hall–Kier alpha value is -6.24.